The van der Waals surface area contributed by atoms with E-state index in [1.54, 1.807) is 0 Å². The summed E-state index contributed by atoms with van der Waals surface area (Å²) in [6.45, 7) is 4.69. The molecule has 0 saturated heterocycles. The first kappa shape index (κ1) is 54.0. The Hall–Kier alpha value is -3.97. The van der Waals surface area contributed by atoms with Crippen molar-refractivity contribution in [2.24, 2.45) is 5.73 Å². The van der Waals surface area contributed by atoms with Crippen LogP contribution in [-0.2, 0) is 19.1 Å². The third-order valence-electron chi connectivity index (χ3n) is 9.32. The van der Waals surface area contributed by atoms with E-state index in [9.17, 15) is 19.5 Å². The molecule has 326 valence electrons. The van der Waals surface area contributed by atoms with Gasteiger partial charge in [-0.2, -0.15) is 0 Å². The van der Waals surface area contributed by atoms with E-state index in [2.05, 4.69) is 122 Å². The lowest BCUT2D eigenvalue weighted by molar-refractivity contribution is -0.147. The van der Waals surface area contributed by atoms with Gasteiger partial charge in [-0.1, -0.05) is 156 Å². The van der Waals surface area contributed by atoms with Crippen LogP contribution in [0.3, 0.4) is 0 Å². The van der Waals surface area contributed by atoms with E-state index in [4.69, 9.17) is 10.5 Å². The number of carbonyl (C=O) groups is 3. The first-order valence-corrected chi connectivity index (χ1v) is 22.7. The van der Waals surface area contributed by atoms with Crippen LogP contribution in [0, 0.1) is 0 Å². The van der Waals surface area contributed by atoms with Gasteiger partial charge in [0.05, 0.1) is 0 Å². The maximum atomic E-state index is 12.8. The summed E-state index contributed by atoms with van der Waals surface area (Å²) in [7, 11) is 0. The Morgan fingerprint density at radius 2 is 0.948 bits per heavy atom. The van der Waals surface area contributed by atoms with E-state index < -0.39 is 12.0 Å². The zero-order valence-electron chi connectivity index (χ0n) is 36.6. The zero-order chi connectivity index (χ0) is 42.4. The molecule has 0 saturated carbocycles. The number of carbonyl (C=O) groups excluding carboxylic acids is 2. The van der Waals surface area contributed by atoms with Crippen molar-refractivity contribution in [3.63, 3.8) is 0 Å². The van der Waals surface area contributed by atoms with E-state index in [1.165, 1.54) is 12.8 Å². The second kappa shape index (κ2) is 44.1. The molecule has 0 heterocycles. The van der Waals surface area contributed by atoms with Crippen LogP contribution < -0.4 is 11.1 Å². The molecule has 0 aromatic carbocycles. The number of ether oxygens (including phenoxy) is 1. The van der Waals surface area contributed by atoms with Crippen molar-refractivity contribution in [1.29, 1.82) is 0 Å². The van der Waals surface area contributed by atoms with Crippen LogP contribution in [0.15, 0.2) is 109 Å². The SMILES string of the molecule is CC/C=C\C/C=C\C/C=C\C/C=C\C/C=C\CCCCCCCC(=O)OC(/C=C\C/C=C\C/C=C\C/C=C\CC)CCCCCCCC(=O)NC(CCCN)C(=O)O. The normalized spacial score (nSPS) is 13.7. The molecule has 2 atom stereocenters. The third kappa shape index (κ3) is 40.2. The van der Waals surface area contributed by atoms with Gasteiger partial charge >= 0.3 is 11.9 Å². The Morgan fingerprint density at radius 3 is 1.45 bits per heavy atom. The van der Waals surface area contributed by atoms with Gasteiger partial charge in [0.1, 0.15) is 12.1 Å². The molecule has 7 heteroatoms. The number of esters is 1. The highest BCUT2D eigenvalue weighted by atomic mass is 16.5. The molecular weight excluding hydrogens is 721 g/mol. The number of carboxylic acid groups (broad SMARTS) is 1. The second-order valence-corrected chi connectivity index (χ2v) is 14.7. The predicted molar refractivity (Wildman–Crippen MR) is 248 cm³/mol. The molecular formula is C51H82N2O5. The summed E-state index contributed by atoms with van der Waals surface area (Å²) < 4.78 is 5.93. The summed E-state index contributed by atoms with van der Waals surface area (Å²) in [5.41, 5.74) is 5.48. The van der Waals surface area contributed by atoms with Gasteiger partial charge in [0.2, 0.25) is 5.91 Å². The predicted octanol–water partition coefficient (Wildman–Crippen LogP) is 13.2. The van der Waals surface area contributed by atoms with E-state index in [-0.39, 0.29) is 18.0 Å². The summed E-state index contributed by atoms with van der Waals surface area (Å²) >= 11 is 0. The van der Waals surface area contributed by atoms with E-state index in [1.807, 2.05) is 6.08 Å². The summed E-state index contributed by atoms with van der Waals surface area (Å²) in [6, 6.07) is -0.875. The van der Waals surface area contributed by atoms with Gasteiger partial charge in [-0.15, -0.1) is 0 Å². The largest absolute Gasteiger partial charge is 0.480 e. The lowest BCUT2D eigenvalue weighted by Crippen LogP contribution is -2.40. The van der Waals surface area contributed by atoms with Crippen LogP contribution in [-0.4, -0.2) is 41.6 Å². The number of aliphatic carboxylic acids is 1. The fourth-order valence-electron chi connectivity index (χ4n) is 5.97. The van der Waals surface area contributed by atoms with Crippen molar-refractivity contribution in [2.45, 2.75) is 187 Å². The number of amides is 1. The fourth-order valence-corrected chi connectivity index (χ4v) is 5.97. The molecule has 0 spiro atoms. The molecule has 0 aliphatic carbocycles. The van der Waals surface area contributed by atoms with Crippen LogP contribution in [0.4, 0.5) is 0 Å². The Balaban J connectivity index is 4.43. The first-order chi connectivity index (χ1) is 28.4. The van der Waals surface area contributed by atoms with Crippen molar-refractivity contribution >= 4 is 17.8 Å². The van der Waals surface area contributed by atoms with E-state index >= 15 is 0 Å². The minimum Gasteiger partial charge on any atom is -0.480 e. The molecule has 0 aromatic heterocycles. The smallest absolute Gasteiger partial charge is 0.326 e. The maximum Gasteiger partial charge on any atom is 0.326 e. The van der Waals surface area contributed by atoms with Crippen molar-refractivity contribution in [1.82, 2.24) is 5.32 Å². The third-order valence-corrected chi connectivity index (χ3v) is 9.32. The topological polar surface area (TPSA) is 119 Å². The molecule has 7 nitrogen and oxygen atoms in total. The highest BCUT2D eigenvalue weighted by Gasteiger charge is 2.18. The van der Waals surface area contributed by atoms with Crippen LogP contribution in [0.25, 0.3) is 0 Å². The number of nitrogens with two attached hydrogens (primary N) is 1. The van der Waals surface area contributed by atoms with Gasteiger partial charge in [-0.3, -0.25) is 9.59 Å². The van der Waals surface area contributed by atoms with Crippen molar-refractivity contribution in [2.75, 3.05) is 6.54 Å². The van der Waals surface area contributed by atoms with Crippen LogP contribution in [0.2, 0.25) is 0 Å². The lowest BCUT2D eigenvalue weighted by atomic mass is 10.1. The quantitative estimate of drug-likeness (QED) is 0.0323. The van der Waals surface area contributed by atoms with Gasteiger partial charge in [0, 0.05) is 12.8 Å². The van der Waals surface area contributed by atoms with Crippen LogP contribution in [0.5, 0.6) is 0 Å². The second-order valence-electron chi connectivity index (χ2n) is 14.7. The minimum atomic E-state index is -1.02. The van der Waals surface area contributed by atoms with Crippen LogP contribution in [0.1, 0.15) is 174 Å². The Labute approximate surface area is 354 Å². The maximum absolute atomic E-state index is 12.8. The van der Waals surface area contributed by atoms with Crippen molar-refractivity contribution in [3.05, 3.63) is 109 Å². The number of hydrogen-bond donors (Lipinski definition) is 3. The van der Waals surface area contributed by atoms with Gasteiger partial charge in [-0.05, 0) is 122 Å². The van der Waals surface area contributed by atoms with Gasteiger partial charge in [-0.25, -0.2) is 4.79 Å². The Kier molecular flexibility index (Phi) is 41.1. The van der Waals surface area contributed by atoms with Gasteiger partial charge < -0.3 is 20.9 Å². The molecule has 2 unspecified atom stereocenters. The molecule has 1 amide bonds. The summed E-state index contributed by atoms with van der Waals surface area (Å²) in [5, 5.41) is 11.9. The number of unbranched alkanes of at least 4 members (excludes halogenated alkanes) is 9. The Morgan fingerprint density at radius 1 is 0.517 bits per heavy atom. The number of nitrogens with one attached hydrogen (secondary N) is 1. The molecule has 0 aromatic rings. The van der Waals surface area contributed by atoms with Crippen molar-refractivity contribution in [3.8, 4) is 0 Å². The minimum absolute atomic E-state index is 0.122. The number of rotatable bonds is 39. The van der Waals surface area contributed by atoms with Gasteiger partial charge in [0.25, 0.3) is 0 Å². The van der Waals surface area contributed by atoms with Gasteiger partial charge in [0.15, 0.2) is 0 Å². The summed E-state index contributed by atoms with van der Waals surface area (Å²) in [5.74, 6) is -1.37. The lowest BCUT2D eigenvalue weighted by Gasteiger charge is -2.15. The van der Waals surface area contributed by atoms with Crippen molar-refractivity contribution < 1.29 is 24.2 Å². The average Bonchev–Trinajstić information content (AvgIpc) is 3.21. The molecule has 0 radical (unpaired) electrons. The monoisotopic (exact) mass is 803 g/mol. The highest BCUT2D eigenvalue weighted by molar-refractivity contribution is 5.83. The average molecular weight is 803 g/mol. The highest BCUT2D eigenvalue weighted by Crippen LogP contribution is 2.15. The number of carboxylic acids is 1. The molecule has 0 fully saturated rings. The standard InChI is InChI=1S/C51H82N2O5/c1-3-5-7-9-11-13-15-16-17-18-19-20-21-22-23-24-26-28-30-35-39-45-50(55)58-47(41-36-32-29-27-25-14-12-10-8-6-4-2)42-37-33-31-34-38-44-49(54)53-48(51(56)57)43-40-46-52/h5-8,11-14,16-17,19-20,22-23,27,29,36,41,47-48H,3-4,9-10,15,18,21,24-26,28,30-35,37-40,42-46,52H2,1-2H3,(H,53,54)(H,56,57)/b7-5-,8-6-,13-11-,14-12-,17-16-,20-19-,23-22-,29-27-,41-36-. The molecule has 4 N–H and O–H groups in total. The molecule has 0 rings (SSSR count). The molecule has 0 bridgehead atoms. The molecule has 0 aliphatic heterocycles. The van der Waals surface area contributed by atoms with E-state index in [0.717, 1.165) is 116 Å². The molecule has 0 aliphatic rings. The Bertz CT molecular complexity index is 1270. The fraction of sp³-hybridized carbons (Fsp3) is 0.588. The molecule has 58 heavy (non-hydrogen) atoms. The number of hydrogen-bond acceptors (Lipinski definition) is 5. The zero-order valence-corrected chi connectivity index (χ0v) is 36.6. The summed E-state index contributed by atoms with van der Waals surface area (Å²) in [6.07, 6.45) is 61.5. The van der Waals surface area contributed by atoms with E-state index in [0.29, 0.717) is 38.6 Å². The number of allylic oxidation sites excluding steroid dienone is 17. The summed E-state index contributed by atoms with van der Waals surface area (Å²) in [4.78, 5) is 36.4. The van der Waals surface area contributed by atoms with Crippen LogP contribution >= 0.6 is 0 Å². The first-order valence-electron chi connectivity index (χ1n) is 22.7.